The highest BCUT2D eigenvalue weighted by Crippen LogP contribution is 2.21. The SMILES string of the molecule is CCCCCCCCCCCCCCCCC[N+](C)(C)CCC[Si](OCCN(CCO)CC(=O)[O-])(OCCN(CCO)CC(=O)[O-])OCCN(CCO)CC(=O)O. The molecule has 0 aromatic rings. The molecule has 0 aliphatic heterocycles. The van der Waals surface area contributed by atoms with Crippen LogP contribution in [0.25, 0.3) is 0 Å². The van der Waals surface area contributed by atoms with Crippen LogP contribution in [0.4, 0.5) is 0 Å². The van der Waals surface area contributed by atoms with Crippen LogP contribution < -0.4 is 10.2 Å². The van der Waals surface area contributed by atoms with Gasteiger partial charge < -0.3 is 58.0 Å². The lowest BCUT2D eigenvalue weighted by atomic mass is 10.0. The zero-order chi connectivity index (χ0) is 42.6. The maximum absolute atomic E-state index is 11.4. The average molecular weight is 838 g/mol. The van der Waals surface area contributed by atoms with E-state index in [2.05, 4.69) is 21.0 Å². The number of nitrogens with zero attached hydrogens (tertiary/aromatic N) is 4. The van der Waals surface area contributed by atoms with Gasteiger partial charge in [-0.25, -0.2) is 0 Å². The molecular weight excluding hydrogens is 757 g/mol. The largest absolute Gasteiger partial charge is 0.549 e. The highest BCUT2D eigenvalue weighted by atomic mass is 28.4. The first-order chi connectivity index (χ1) is 27.3. The molecule has 0 aromatic carbocycles. The maximum Gasteiger partial charge on any atom is 0.501 e. The lowest BCUT2D eigenvalue weighted by Gasteiger charge is -2.34. The predicted molar refractivity (Wildman–Crippen MR) is 218 cm³/mol. The Morgan fingerprint density at radius 3 is 1.19 bits per heavy atom. The lowest BCUT2D eigenvalue weighted by Crippen LogP contribution is -2.52. The first kappa shape index (κ1) is 55.2. The monoisotopic (exact) mass is 838 g/mol. The second-order valence-electron chi connectivity index (χ2n) is 15.8. The van der Waals surface area contributed by atoms with Crippen molar-refractivity contribution in [3.8, 4) is 0 Å². The highest BCUT2D eigenvalue weighted by Gasteiger charge is 2.42. The number of aliphatic hydroxyl groups excluding tert-OH is 3. The van der Waals surface area contributed by atoms with E-state index in [4.69, 9.17) is 13.3 Å². The fourth-order valence-electron chi connectivity index (χ4n) is 6.87. The van der Waals surface area contributed by atoms with Gasteiger partial charge >= 0.3 is 14.8 Å². The minimum atomic E-state index is -3.61. The van der Waals surface area contributed by atoms with E-state index < -0.39 is 39.8 Å². The first-order valence-corrected chi connectivity index (χ1v) is 23.6. The van der Waals surface area contributed by atoms with Crippen molar-refractivity contribution in [2.24, 2.45) is 0 Å². The molecule has 338 valence electrons. The molecule has 16 nitrogen and oxygen atoms in total. The Bertz CT molecular complexity index is 921. The Hall–Kier alpha value is -1.77. The van der Waals surface area contributed by atoms with Gasteiger partial charge in [-0.2, -0.15) is 0 Å². The average Bonchev–Trinajstić information content (AvgIpc) is 3.12. The van der Waals surface area contributed by atoms with Crippen molar-refractivity contribution in [1.82, 2.24) is 14.7 Å². The van der Waals surface area contributed by atoms with Crippen LogP contribution in [0, 0.1) is 0 Å². The Morgan fingerprint density at radius 1 is 0.526 bits per heavy atom. The molecule has 0 unspecified atom stereocenters. The zero-order valence-corrected chi connectivity index (χ0v) is 36.9. The van der Waals surface area contributed by atoms with Crippen LogP contribution in [-0.4, -0.2) is 192 Å². The van der Waals surface area contributed by atoms with Crippen molar-refractivity contribution in [1.29, 1.82) is 0 Å². The fraction of sp³-hybridized carbons (Fsp3) is 0.925. The van der Waals surface area contributed by atoms with Gasteiger partial charge in [0.25, 0.3) is 0 Å². The number of carboxylic acids is 3. The highest BCUT2D eigenvalue weighted by molar-refractivity contribution is 6.60. The van der Waals surface area contributed by atoms with E-state index in [0.29, 0.717) is 12.5 Å². The molecule has 0 radical (unpaired) electrons. The maximum atomic E-state index is 11.4. The van der Waals surface area contributed by atoms with Crippen LogP contribution in [0.15, 0.2) is 0 Å². The van der Waals surface area contributed by atoms with E-state index in [0.717, 1.165) is 24.0 Å². The van der Waals surface area contributed by atoms with Gasteiger partial charge in [-0.05, 0) is 12.8 Å². The quantitative estimate of drug-likeness (QED) is 0.0379. The van der Waals surface area contributed by atoms with Gasteiger partial charge in [0, 0.05) is 64.8 Å². The van der Waals surface area contributed by atoms with Crippen LogP contribution in [0.5, 0.6) is 0 Å². The number of aliphatic carboxylic acids is 3. The van der Waals surface area contributed by atoms with Crippen molar-refractivity contribution in [2.45, 2.75) is 116 Å². The minimum absolute atomic E-state index is 0.00571. The molecule has 57 heavy (non-hydrogen) atoms. The van der Waals surface area contributed by atoms with Crippen LogP contribution in [0.1, 0.15) is 110 Å². The van der Waals surface area contributed by atoms with Crippen molar-refractivity contribution in [3.05, 3.63) is 0 Å². The summed E-state index contributed by atoms with van der Waals surface area (Å²) < 4.78 is 20.0. The molecule has 0 aromatic heterocycles. The molecule has 0 heterocycles. The number of carbonyl (C=O) groups excluding carboxylic acids is 2. The van der Waals surface area contributed by atoms with Crippen molar-refractivity contribution in [2.75, 3.05) is 126 Å². The minimum Gasteiger partial charge on any atom is -0.549 e. The van der Waals surface area contributed by atoms with E-state index >= 15 is 0 Å². The molecule has 0 rings (SSSR count). The van der Waals surface area contributed by atoms with Gasteiger partial charge in [-0.3, -0.25) is 19.5 Å². The van der Waals surface area contributed by atoms with Gasteiger partial charge in [-0.15, -0.1) is 0 Å². The summed E-state index contributed by atoms with van der Waals surface area (Å²) in [5, 5.41) is 60.4. The molecule has 0 atom stereocenters. The number of carbonyl (C=O) groups is 3. The summed E-state index contributed by atoms with van der Waals surface area (Å²) in [6.45, 7) is 2.92. The number of carboxylic acid groups (broad SMARTS) is 3. The van der Waals surface area contributed by atoms with Gasteiger partial charge in [0.2, 0.25) is 0 Å². The summed E-state index contributed by atoms with van der Waals surface area (Å²) in [7, 11) is 0.766. The lowest BCUT2D eigenvalue weighted by molar-refractivity contribution is -0.890. The van der Waals surface area contributed by atoms with Gasteiger partial charge in [0.05, 0.1) is 85.3 Å². The summed E-state index contributed by atoms with van der Waals surface area (Å²) >= 11 is 0. The van der Waals surface area contributed by atoms with Gasteiger partial charge in [0.15, 0.2) is 0 Å². The summed E-state index contributed by atoms with van der Waals surface area (Å²) in [5.74, 6) is -3.65. The number of unbranched alkanes of at least 4 members (excludes halogenated alkanes) is 14. The molecule has 0 aliphatic rings. The van der Waals surface area contributed by atoms with Crippen LogP contribution >= 0.6 is 0 Å². The molecule has 0 bridgehead atoms. The van der Waals surface area contributed by atoms with E-state index in [1.165, 1.54) is 105 Å². The number of rotatable bonds is 44. The van der Waals surface area contributed by atoms with Gasteiger partial charge in [-0.1, -0.05) is 90.4 Å². The van der Waals surface area contributed by atoms with Gasteiger partial charge in [0.1, 0.15) is 0 Å². The van der Waals surface area contributed by atoms with Crippen molar-refractivity contribution >= 4 is 26.7 Å². The molecule has 0 spiro atoms. The standard InChI is InChI=1S/C40H82N4O12Si/c1-4-5-6-7-8-9-10-11-12-13-14-15-16-17-18-26-44(2,3)27-19-34-57(54-31-23-41(20-28-45)35-38(48)49,55-32-24-42(21-29-46)36-39(50)51)56-33-25-43(22-30-47)37-40(52)53/h45-47H,4-37H2,1-3H3,(H2-,48,49,50,51,52,53)/p-1. The normalized spacial score (nSPS) is 12.4. The molecule has 17 heteroatoms. The van der Waals surface area contributed by atoms with E-state index in [1.807, 2.05) is 0 Å². The number of hydrogen-bond acceptors (Lipinski definition) is 14. The van der Waals surface area contributed by atoms with Crippen molar-refractivity contribution < 1.29 is 62.8 Å². The molecule has 4 N–H and O–H groups in total. The Kier molecular flexibility index (Phi) is 35.0. The summed E-state index contributed by atoms with van der Waals surface area (Å²) in [6.07, 6.45) is 20.3. The second kappa shape index (κ2) is 36.1. The zero-order valence-electron chi connectivity index (χ0n) is 35.9. The van der Waals surface area contributed by atoms with E-state index in [9.17, 15) is 45.0 Å². The topological polar surface area (TPSA) is 216 Å². The molecule has 0 amide bonds. The molecule has 0 saturated heterocycles. The number of quaternary nitrogens is 1. The number of hydrogen-bond donors (Lipinski definition) is 4. The Labute approximate surface area is 345 Å². The third-order valence-electron chi connectivity index (χ3n) is 10.1. The van der Waals surface area contributed by atoms with Crippen molar-refractivity contribution in [3.63, 3.8) is 0 Å². The fourth-order valence-corrected chi connectivity index (χ4v) is 9.35. The summed E-state index contributed by atoms with van der Waals surface area (Å²) in [5.41, 5.74) is 0. The number of aliphatic hydroxyl groups is 3. The molecule has 0 aliphatic carbocycles. The molecule has 0 fully saturated rings. The summed E-state index contributed by atoms with van der Waals surface area (Å²) in [6, 6.07) is 0.382. The third-order valence-corrected chi connectivity index (χ3v) is 13.0. The molecular formula is C40H81N4O12Si-. The smallest absolute Gasteiger partial charge is 0.501 e. The Balaban J connectivity index is 5.45. The predicted octanol–water partition coefficient (Wildman–Crippen LogP) is 0.780. The second-order valence-corrected chi connectivity index (χ2v) is 18.5. The van der Waals surface area contributed by atoms with Crippen LogP contribution in [-0.2, 0) is 27.7 Å². The summed E-state index contributed by atoms with van der Waals surface area (Å²) in [4.78, 5) is 38.6. The van der Waals surface area contributed by atoms with Crippen LogP contribution in [0.3, 0.4) is 0 Å². The Morgan fingerprint density at radius 2 is 0.860 bits per heavy atom. The van der Waals surface area contributed by atoms with Crippen LogP contribution in [0.2, 0.25) is 6.04 Å². The van der Waals surface area contributed by atoms with E-state index in [1.54, 1.807) is 0 Å². The third kappa shape index (κ3) is 33.7. The van der Waals surface area contributed by atoms with E-state index in [-0.39, 0.29) is 85.5 Å². The first-order valence-electron chi connectivity index (χ1n) is 21.7. The molecule has 0 saturated carbocycles.